The molecule has 0 heterocycles. The van der Waals surface area contributed by atoms with Crippen molar-refractivity contribution in [3.05, 3.63) is 18.2 Å². The lowest BCUT2D eigenvalue weighted by atomic mass is 10.2. The van der Waals surface area contributed by atoms with Crippen LogP contribution in [0.15, 0.2) is 23.2 Å². The molecule has 1 aromatic rings. The summed E-state index contributed by atoms with van der Waals surface area (Å²) in [4.78, 5) is 4.26. The van der Waals surface area contributed by atoms with Crippen LogP contribution in [-0.2, 0) is 4.74 Å². The molecule has 140 valence electrons. The molecule has 0 radical (unpaired) electrons. The molecule has 2 N–H and O–H groups in total. The summed E-state index contributed by atoms with van der Waals surface area (Å²) in [6.07, 6.45) is 6.50. The van der Waals surface area contributed by atoms with Crippen molar-refractivity contribution in [2.24, 2.45) is 4.99 Å². The maximum atomic E-state index is 5.87. The van der Waals surface area contributed by atoms with Gasteiger partial charge in [0.05, 0.1) is 19.8 Å². The second-order valence-electron chi connectivity index (χ2n) is 6.05. The van der Waals surface area contributed by atoms with E-state index >= 15 is 0 Å². The Bertz CT molecular complexity index is 543. The van der Waals surface area contributed by atoms with E-state index in [4.69, 9.17) is 14.2 Å². The zero-order valence-electron chi connectivity index (χ0n) is 15.6. The molecule has 1 saturated carbocycles. The fraction of sp³-hybridized carbons (Fsp3) is 0.632. The Hall–Kier alpha value is -1.95. The fourth-order valence-corrected chi connectivity index (χ4v) is 2.92. The van der Waals surface area contributed by atoms with E-state index in [0.29, 0.717) is 12.7 Å². The number of nitrogens with zero attached hydrogens (tertiary/aromatic N) is 1. The number of hydrogen-bond acceptors (Lipinski definition) is 4. The van der Waals surface area contributed by atoms with E-state index in [0.717, 1.165) is 42.7 Å². The minimum atomic E-state index is 0.480. The summed E-state index contributed by atoms with van der Waals surface area (Å²) < 4.78 is 16.8. The van der Waals surface area contributed by atoms with Crippen molar-refractivity contribution in [3.63, 3.8) is 0 Å². The molecule has 0 atom stereocenters. The van der Waals surface area contributed by atoms with Crippen molar-refractivity contribution >= 4 is 11.6 Å². The first kappa shape index (κ1) is 19.4. The number of nitrogens with one attached hydrogen (secondary N) is 2. The number of aliphatic imine (C=N–C) groups is 1. The van der Waals surface area contributed by atoms with Crippen LogP contribution in [-0.4, -0.2) is 46.0 Å². The van der Waals surface area contributed by atoms with Gasteiger partial charge < -0.3 is 24.8 Å². The van der Waals surface area contributed by atoms with Gasteiger partial charge in [0.2, 0.25) is 0 Å². The number of ether oxygens (including phenoxy) is 3. The summed E-state index contributed by atoms with van der Waals surface area (Å²) in [7, 11) is 3.40. The van der Waals surface area contributed by atoms with Crippen LogP contribution in [0.1, 0.15) is 39.0 Å². The summed E-state index contributed by atoms with van der Waals surface area (Å²) in [6, 6.07) is 5.74. The highest BCUT2D eigenvalue weighted by atomic mass is 16.5. The third kappa shape index (κ3) is 6.46. The smallest absolute Gasteiger partial charge is 0.195 e. The van der Waals surface area contributed by atoms with Gasteiger partial charge in [-0.15, -0.1) is 0 Å². The predicted octanol–water partition coefficient (Wildman–Crippen LogP) is 3.43. The maximum Gasteiger partial charge on any atom is 0.195 e. The largest absolute Gasteiger partial charge is 0.493 e. The fourth-order valence-electron chi connectivity index (χ4n) is 2.92. The molecule has 0 unspecified atom stereocenters. The Kier molecular flexibility index (Phi) is 8.39. The number of rotatable bonds is 9. The van der Waals surface area contributed by atoms with Gasteiger partial charge in [-0.05, 0) is 38.3 Å². The summed E-state index contributed by atoms with van der Waals surface area (Å²) in [5.41, 5.74) is 0.902. The van der Waals surface area contributed by atoms with E-state index in [2.05, 4.69) is 15.6 Å². The van der Waals surface area contributed by atoms with Gasteiger partial charge >= 0.3 is 0 Å². The summed E-state index contributed by atoms with van der Waals surface area (Å²) in [5.74, 6) is 2.17. The number of methoxy groups -OCH3 is 1. The van der Waals surface area contributed by atoms with E-state index < -0.39 is 0 Å². The molecule has 2 rings (SSSR count). The SMILES string of the molecule is CCOc1cc(NC(=NC)NCCCOC2CCCC2)ccc1OC. The van der Waals surface area contributed by atoms with Crippen molar-refractivity contribution < 1.29 is 14.2 Å². The second kappa shape index (κ2) is 10.8. The third-order valence-corrected chi connectivity index (χ3v) is 4.22. The van der Waals surface area contributed by atoms with Crippen LogP contribution in [0.25, 0.3) is 0 Å². The Morgan fingerprint density at radius 1 is 1.24 bits per heavy atom. The van der Waals surface area contributed by atoms with Gasteiger partial charge in [-0.1, -0.05) is 12.8 Å². The monoisotopic (exact) mass is 349 g/mol. The lowest BCUT2D eigenvalue weighted by molar-refractivity contribution is 0.0574. The summed E-state index contributed by atoms with van der Waals surface area (Å²) in [5, 5.41) is 6.58. The number of benzene rings is 1. The Morgan fingerprint density at radius 3 is 2.72 bits per heavy atom. The molecule has 0 aliphatic heterocycles. The van der Waals surface area contributed by atoms with Crippen LogP contribution in [0.2, 0.25) is 0 Å². The molecule has 6 nitrogen and oxygen atoms in total. The normalized spacial score (nSPS) is 15.2. The van der Waals surface area contributed by atoms with Crippen molar-refractivity contribution in [2.45, 2.75) is 45.1 Å². The van der Waals surface area contributed by atoms with Gasteiger partial charge in [-0.25, -0.2) is 0 Å². The van der Waals surface area contributed by atoms with E-state index in [1.54, 1.807) is 14.2 Å². The number of guanidine groups is 1. The van der Waals surface area contributed by atoms with Crippen LogP contribution < -0.4 is 20.1 Å². The Morgan fingerprint density at radius 2 is 2.04 bits per heavy atom. The molecule has 0 spiro atoms. The zero-order valence-corrected chi connectivity index (χ0v) is 15.6. The highest BCUT2D eigenvalue weighted by Gasteiger charge is 2.14. The molecule has 1 aliphatic rings. The Balaban J connectivity index is 1.76. The van der Waals surface area contributed by atoms with E-state index in [9.17, 15) is 0 Å². The van der Waals surface area contributed by atoms with Crippen molar-refractivity contribution in [1.82, 2.24) is 5.32 Å². The van der Waals surface area contributed by atoms with Crippen molar-refractivity contribution in [1.29, 1.82) is 0 Å². The first-order valence-electron chi connectivity index (χ1n) is 9.17. The van der Waals surface area contributed by atoms with Gasteiger partial charge in [0, 0.05) is 32.0 Å². The summed E-state index contributed by atoms with van der Waals surface area (Å²) in [6.45, 7) is 4.16. The van der Waals surface area contributed by atoms with E-state index in [1.165, 1.54) is 25.7 Å². The van der Waals surface area contributed by atoms with E-state index in [1.807, 2.05) is 25.1 Å². The highest BCUT2D eigenvalue weighted by molar-refractivity contribution is 5.93. The lowest BCUT2D eigenvalue weighted by Crippen LogP contribution is -2.32. The average Bonchev–Trinajstić information content (AvgIpc) is 3.14. The van der Waals surface area contributed by atoms with Gasteiger partial charge in [0.1, 0.15) is 0 Å². The lowest BCUT2D eigenvalue weighted by Gasteiger charge is -2.15. The molecule has 0 aromatic heterocycles. The third-order valence-electron chi connectivity index (χ3n) is 4.22. The van der Waals surface area contributed by atoms with Crippen LogP contribution in [0.4, 0.5) is 5.69 Å². The topological polar surface area (TPSA) is 64.1 Å². The van der Waals surface area contributed by atoms with Crippen molar-refractivity contribution in [2.75, 3.05) is 39.2 Å². The minimum Gasteiger partial charge on any atom is -0.493 e. The second-order valence-corrected chi connectivity index (χ2v) is 6.05. The molecular formula is C19H31N3O3. The first-order chi connectivity index (χ1) is 12.3. The molecule has 1 aromatic carbocycles. The minimum absolute atomic E-state index is 0.480. The number of anilines is 1. The van der Waals surface area contributed by atoms with Crippen LogP contribution in [0.5, 0.6) is 11.5 Å². The highest BCUT2D eigenvalue weighted by Crippen LogP contribution is 2.30. The number of hydrogen-bond donors (Lipinski definition) is 2. The molecule has 1 fully saturated rings. The zero-order chi connectivity index (χ0) is 17.9. The van der Waals surface area contributed by atoms with Gasteiger partial charge in [-0.3, -0.25) is 4.99 Å². The standard InChI is InChI=1S/C19H31N3O3/c1-4-24-18-14-15(10-11-17(18)23-3)22-19(20-2)21-12-7-13-25-16-8-5-6-9-16/h10-11,14,16H,4-9,12-13H2,1-3H3,(H2,20,21,22). The molecule has 6 heteroatoms. The molecule has 1 aliphatic carbocycles. The molecule has 25 heavy (non-hydrogen) atoms. The van der Waals surface area contributed by atoms with Crippen LogP contribution in [0.3, 0.4) is 0 Å². The van der Waals surface area contributed by atoms with Crippen molar-refractivity contribution in [3.8, 4) is 11.5 Å². The molecule has 0 amide bonds. The summed E-state index contributed by atoms with van der Waals surface area (Å²) >= 11 is 0. The van der Waals surface area contributed by atoms with Crippen LogP contribution in [0, 0.1) is 0 Å². The van der Waals surface area contributed by atoms with Crippen LogP contribution >= 0.6 is 0 Å². The van der Waals surface area contributed by atoms with Gasteiger partial charge in [-0.2, -0.15) is 0 Å². The predicted molar refractivity (Wildman–Crippen MR) is 102 cm³/mol. The van der Waals surface area contributed by atoms with Gasteiger partial charge in [0.25, 0.3) is 0 Å². The molecule has 0 saturated heterocycles. The average molecular weight is 349 g/mol. The Labute approximate surface area is 151 Å². The molecule has 0 bridgehead atoms. The first-order valence-corrected chi connectivity index (χ1v) is 9.17. The maximum absolute atomic E-state index is 5.87. The van der Waals surface area contributed by atoms with Gasteiger partial charge in [0.15, 0.2) is 17.5 Å². The van der Waals surface area contributed by atoms with E-state index in [-0.39, 0.29) is 0 Å². The quantitative estimate of drug-likeness (QED) is 0.406. The molecular weight excluding hydrogens is 318 g/mol.